The number of carboxylic acids is 1. The molecule has 0 fully saturated rings. The molecule has 4 heteroatoms. The van der Waals surface area contributed by atoms with Crippen molar-refractivity contribution in [2.24, 2.45) is 0 Å². The van der Waals surface area contributed by atoms with Gasteiger partial charge in [0.05, 0.1) is 0 Å². The quantitative estimate of drug-likeness (QED) is 0.0404. The molecule has 0 heterocycles. The second kappa shape index (κ2) is 39.1. The Morgan fingerprint density at radius 3 is 1.21 bits per heavy atom. The molecule has 0 bridgehead atoms. The van der Waals surface area contributed by atoms with E-state index < -0.39 is 5.97 Å². The first kappa shape index (κ1) is 45.7. The summed E-state index contributed by atoms with van der Waals surface area (Å²) in [6, 6.07) is 0. The minimum atomic E-state index is -0.718. The number of unbranched alkanes of at least 4 members (excludes halogenated alkanes) is 30. The number of rotatable bonds is 39. The minimum Gasteiger partial charge on any atom is -0.481 e. The first-order valence-electron chi connectivity index (χ1n) is 21.2. The summed E-state index contributed by atoms with van der Waals surface area (Å²) < 4.78 is 5.88. The Bertz CT molecular complexity index is 673. The fourth-order valence-corrected chi connectivity index (χ4v) is 6.57. The maximum Gasteiger partial charge on any atom is 0.306 e. The summed E-state index contributed by atoms with van der Waals surface area (Å²) in [5, 5.41) is 8.83. The lowest BCUT2D eigenvalue weighted by atomic mass is 10.0. The number of carbonyl (C=O) groups excluding carboxylic acids is 1. The van der Waals surface area contributed by atoms with Crippen molar-refractivity contribution < 1.29 is 19.4 Å². The van der Waals surface area contributed by atoms with Crippen molar-refractivity contribution >= 4 is 11.9 Å². The zero-order valence-electron chi connectivity index (χ0n) is 31.9. The molecule has 1 atom stereocenters. The van der Waals surface area contributed by atoms with E-state index in [0.29, 0.717) is 6.42 Å². The number of carbonyl (C=O) groups is 2. The summed E-state index contributed by atoms with van der Waals surface area (Å²) in [5.41, 5.74) is 0. The van der Waals surface area contributed by atoms with Gasteiger partial charge in [0.25, 0.3) is 0 Å². The third kappa shape index (κ3) is 39.0. The van der Waals surface area contributed by atoms with Crippen LogP contribution in [0.25, 0.3) is 0 Å². The molecule has 0 amide bonds. The highest BCUT2D eigenvalue weighted by Crippen LogP contribution is 2.17. The van der Waals surface area contributed by atoms with Crippen molar-refractivity contribution in [3.8, 4) is 0 Å². The third-order valence-electron chi connectivity index (χ3n) is 9.72. The highest BCUT2D eigenvalue weighted by atomic mass is 16.5. The fourth-order valence-electron chi connectivity index (χ4n) is 6.57. The molecule has 0 radical (unpaired) electrons. The van der Waals surface area contributed by atoms with Crippen LogP contribution >= 0.6 is 0 Å². The molecule has 47 heavy (non-hydrogen) atoms. The molecule has 278 valence electrons. The van der Waals surface area contributed by atoms with E-state index in [1.165, 1.54) is 167 Å². The second-order valence-electron chi connectivity index (χ2n) is 14.5. The Labute approximate surface area is 294 Å². The van der Waals surface area contributed by atoms with Gasteiger partial charge in [0, 0.05) is 12.8 Å². The molecule has 0 aromatic heterocycles. The third-order valence-corrected chi connectivity index (χ3v) is 9.72. The highest BCUT2D eigenvalue weighted by Gasteiger charge is 2.11. The Balaban J connectivity index is 3.76. The standard InChI is InChI=1S/C43H82O4/c1-3-5-7-9-11-13-14-15-16-17-18-19-20-21-22-23-24-25-26-28-30-36-40-43(46)47-41(38-34-31-32-35-39-42(44)45)37-33-29-27-12-10-8-6-4-2/h33,37,41H,3-32,34-36,38-40H2,1-2H3,(H,44,45)/b37-33-. The van der Waals surface area contributed by atoms with Gasteiger partial charge in [0.15, 0.2) is 0 Å². The van der Waals surface area contributed by atoms with Crippen LogP contribution in [-0.4, -0.2) is 23.1 Å². The summed E-state index contributed by atoms with van der Waals surface area (Å²) in [5.74, 6) is -0.775. The molecule has 0 spiro atoms. The summed E-state index contributed by atoms with van der Waals surface area (Å²) in [6.07, 6.45) is 48.4. The van der Waals surface area contributed by atoms with Crippen LogP contribution in [0, 0.1) is 0 Å². The summed E-state index contributed by atoms with van der Waals surface area (Å²) in [7, 11) is 0. The van der Waals surface area contributed by atoms with Crippen LogP contribution in [0.4, 0.5) is 0 Å². The minimum absolute atomic E-state index is 0.0572. The lowest BCUT2D eigenvalue weighted by Crippen LogP contribution is -2.16. The molecule has 0 aromatic rings. The fraction of sp³-hybridized carbons (Fsp3) is 0.907. The SMILES string of the molecule is CCCCCCCC/C=C\C(CCCCCCC(=O)O)OC(=O)CCCCCCCCCCCCCCCCCCCCCCCC. The van der Waals surface area contributed by atoms with Crippen molar-refractivity contribution in [2.75, 3.05) is 0 Å². The van der Waals surface area contributed by atoms with Crippen molar-refractivity contribution in [2.45, 2.75) is 251 Å². The van der Waals surface area contributed by atoms with Crippen LogP contribution in [0.3, 0.4) is 0 Å². The van der Waals surface area contributed by atoms with Gasteiger partial charge in [-0.3, -0.25) is 9.59 Å². The first-order valence-corrected chi connectivity index (χ1v) is 21.2. The second-order valence-corrected chi connectivity index (χ2v) is 14.5. The van der Waals surface area contributed by atoms with Crippen molar-refractivity contribution in [3.05, 3.63) is 12.2 Å². The number of aliphatic carboxylic acids is 1. The van der Waals surface area contributed by atoms with Crippen LogP contribution in [0.1, 0.15) is 245 Å². The number of hydrogen-bond donors (Lipinski definition) is 1. The number of esters is 1. The predicted octanol–water partition coefficient (Wildman–Crippen LogP) is 14.6. The Hall–Kier alpha value is -1.32. The van der Waals surface area contributed by atoms with E-state index in [1.54, 1.807) is 0 Å². The van der Waals surface area contributed by atoms with Gasteiger partial charge in [-0.25, -0.2) is 0 Å². The van der Waals surface area contributed by atoms with Crippen LogP contribution in [0.5, 0.6) is 0 Å². The maximum absolute atomic E-state index is 12.6. The van der Waals surface area contributed by atoms with Crippen LogP contribution in [0.15, 0.2) is 12.2 Å². The molecular formula is C43H82O4. The van der Waals surface area contributed by atoms with E-state index >= 15 is 0 Å². The van der Waals surface area contributed by atoms with E-state index in [1.807, 2.05) is 0 Å². The highest BCUT2D eigenvalue weighted by molar-refractivity contribution is 5.69. The van der Waals surface area contributed by atoms with Crippen molar-refractivity contribution in [1.29, 1.82) is 0 Å². The molecule has 0 rings (SSSR count). The van der Waals surface area contributed by atoms with Gasteiger partial charge in [-0.1, -0.05) is 200 Å². The van der Waals surface area contributed by atoms with Crippen LogP contribution in [-0.2, 0) is 14.3 Å². The largest absolute Gasteiger partial charge is 0.481 e. The summed E-state index contributed by atoms with van der Waals surface area (Å²) in [6.45, 7) is 4.54. The molecule has 0 aromatic carbocycles. The molecule has 1 unspecified atom stereocenters. The number of hydrogen-bond acceptors (Lipinski definition) is 3. The van der Waals surface area contributed by atoms with Gasteiger partial charge in [0.1, 0.15) is 6.10 Å². The van der Waals surface area contributed by atoms with Gasteiger partial charge < -0.3 is 9.84 Å². The monoisotopic (exact) mass is 663 g/mol. The van der Waals surface area contributed by atoms with Crippen LogP contribution in [0.2, 0.25) is 0 Å². The van der Waals surface area contributed by atoms with Crippen molar-refractivity contribution in [1.82, 2.24) is 0 Å². The van der Waals surface area contributed by atoms with E-state index in [0.717, 1.165) is 51.4 Å². The Morgan fingerprint density at radius 2 is 0.809 bits per heavy atom. The zero-order valence-corrected chi connectivity index (χ0v) is 31.9. The lowest BCUT2D eigenvalue weighted by molar-refractivity contribution is -0.147. The van der Waals surface area contributed by atoms with Crippen molar-refractivity contribution in [3.63, 3.8) is 0 Å². The van der Waals surface area contributed by atoms with Gasteiger partial charge in [-0.2, -0.15) is 0 Å². The van der Waals surface area contributed by atoms with E-state index in [9.17, 15) is 9.59 Å². The molecule has 0 saturated heterocycles. The molecule has 0 aliphatic rings. The summed E-state index contributed by atoms with van der Waals surface area (Å²) >= 11 is 0. The summed E-state index contributed by atoms with van der Waals surface area (Å²) in [4.78, 5) is 23.3. The lowest BCUT2D eigenvalue weighted by Gasteiger charge is -2.15. The molecular weight excluding hydrogens is 580 g/mol. The molecule has 0 saturated carbocycles. The van der Waals surface area contributed by atoms with Gasteiger partial charge >= 0.3 is 11.9 Å². The normalized spacial score (nSPS) is 12.2. The van der Waals surface area contributed by atoms with E-state index in [2.05, 4.69) is 26.0 Å². The zero-order chi connectivity index (χ0) is 34.3. The number of ether oxygens (including phenoxy) is 1. The predicted molar refractivity (Wildman–Crippen MR) is 204 cm³/mol. The van der Waals surface area contributed by atoms with Gasteiger partial charge in [-0.05, 0) is 44.6 Å². The van der Waals surface area contributed by atoms with E-state index in [-0.39, 0.29) is 18.5 Å². The maximum atomic E-state index is 12.6. The number of carboxylic acid groups (broad SMARTS) is 1. The van der Waals surface area contributed by atoms with Crippen LogP contribution < -0.4 is 0 Å². The molecule has 0 aliphatic carbocycles. The number of allylic oxidation sites excluding steroid dienone is 1. The average Bonchev–Trinajstić information content (AvgIpc) is 3.05. The van der Waals surface area contributed by atoms with E-state index in [4.69, 9.17) is 9.84 Å². The Kier molecular flexibility index (Phi) is 38.0. The molecule has 1 N–H and O–H groups in total. The average molecular weight is 663 g/mol. The van der Waals surface area contributed by atoms with Gasteiger partial charge in [-0.15, -0.1) is 0 Å². The first-order chi connectivity index (χ1) is 23.1. The molecule has 0 aliphatic heterocycles. The topological polar surface area (TPSA) is 63.6 Å². The molecule has 4 nitrogen and oxygen atoms in total. The Morgan fingerprint density at radius 1 is 0.468 bits per heavy atom. The van der Waals surface area contributed by atoms with Gasteiger partial charge in [0.2, 0.25) is 0 Å². The smallest absolute Gasteiger partial charge is 0.306 e.